The van der Waals surface area contributed by atoms with Gasteiger partial charge in [0.15, 0.2) is 22.8 Å². The molecule has 0 aromatic heterocycles. The second-order valence-electron chi connectivity index (χ2n) is 8.34. The van der Waals surface area contributed by atoms with Crippen molar-refractivity contribution in [3.8, 4) is 0 Å². The summed E-state index contributed by atoms with van der Waals surface area (Å²) in [6.07, 6.45) is 12.9. The van der Waals surface area contributed by atoms with Crippen LogP contribution in [0.2, 0.25) is 0 Å². The number of ether oxygens (including phenoxy) is 2. The van der Waals surface area contributed by atoms with Gasteiger partial charge in [0.25, 0.3) is 0 Å². The van der Waals surface area contributed by atoms with E-state index in [1.54, 1.807) is 0 Å². The largest absolute Gasteiger partial charge is 0.361 e. The van der Waals surface area contributed by atoms with Crippen molar-refractivity contribution in [2.24, 2.45) is 23.2 Å². The van der Waals surface area contributed by atoms with Crippen molar-refractivity contribution in [3.05, 3.63) is 49.1 Å². The lowest BCUT2D eigenvalue weighted by Crippen LogP contribution is -2.65. The average Bonchev–Trinajstić information content (AvgIpc) is 3.56. The Morgan fingerprint density at radius 3 is 2.38 bits per heavy atom. The van der Waals surface area contributed by atoms with E-state index < -0.39 is 16.6 Å². The molecule has 6 atom stereocenters. The summed E-state index contributed by atoms with van der Waals surface area (Å²) in [5.41, 5.74) is -1.27. The van der Waals surface area contributed by atoms with E-state index in [-0.39, 0.29) is 29.3 Å². The second kappa shape index (κ2) is 5.14. The Morgan fingerprint density at radius 2 is 1.77 bits per heavy atom. The van der Waals surface area contributed by atoms with Gasteiger partial charge >= 0.3 is 0 Å². The molecule has 2 bridgehead atoms. The molecule has 0 aromatic carbocycles. The van der Waals surface area contributed by atoms with Crippen molar-refractivity contribution in [2.75, 3.05) is 13.2 Å². The molecular formula is C22H24O4. The van der Waals surface area contributed by atoms with Crippen molar-refractivity contribution in [2.45, 2.75) is 36.9 Å². The smallest absolute Gasteiger partial charge is 0.193 e. The van der Waals surface area contributed by atoms with Crippen LogP contribution in [0.5, 0.6) is 0 Å². The molecule has 0 N–H and O–H groups in total. The topological polar surface area (TPSA) is 59.2 Å². The Bertz CT molecular complexity index is 780. The second-order valence-corrected chi connectivity index (χ2v) is 8.34. The fourth-order valence-electron chi connectivity index (χ4n) is 5.78. The summed E-state index contributed by atoms with van der Waals surface area (Å²) in [6, 6.07) is 0. The van der Waals surface area contributed by atoms with Crippen LogP contribution in [-0.2, 0) is 19.1 Å². The van der Waals surface area contributed by atoms with Crippen LogP contribution in [0.25, 0.3) is 0 Å². The maximum absolute atomic E-state index is 13.5. The highest BCUT2D eigenvalue weighted by Crippen LogP contribution is 2.68. The van der Waals surface area contributed by atoms with Crippen LogP contribution < -0.4 is 0 Å². The van der Waals surface area contributed by atoms with Crippen LogP contribution >= 0.6 is 0 Å². The molecule has 3 fully saturated rings. The lowest BCUT2D eigenvalue weighted by molar-refractivity contribution is -0.152. The third-order valence-corrected chi connectivity index (χ3v) is 7.20. The van der Waals surface area contributed by atoms with E-state index in [1.807, 2.05) is 12.2 Å². The molecule has 4 aliphatic carbocycles. The van der Waals surface area contributed by atoms with Gasteiger partial charge in [0, 0.05) is 17.8 Å². The molecule has 2 heterocycles. The Morgan fingerprint density at radius 1 is 1.08 bits per heavy atom. The molecule has 6 aliphatic rings. The number of hydrogen-bond acceptors (Lipinski definition) is 4. The van der Waals surface area contributed by atoms with Gasteiger partial charge in [0.2, 0.25) is 0 Å². The van der Waals surface area contributed by atoms with Crippen molar-refractivity contribution in [3.63, 3.8) is 0 Å². The number of Topliss-reactive ketones (excluding diaryl/α,β-unsaturated/α-hetero) is 2. The number of hydrogen-bond donors (Lipinski definition) is 0. The van der Waals surface area contributed by atoms with Crippen LogP contribution in [0, 0.1) is 23.2 Å². The molecular weight excluding hydrogens is 328 g/mol. The Kier molecular flexibility index (Phi) is 3.24. The van der Waals surface area contributed by atoms with Gasteiger partial charge in [-0.25, -0.2) is 0 Å². The molecule has 0 aromatic rings. The fraction of sp³-hybridized carbons (Fsp3) is 0.545. The molecule has 136 valence electrons. The summed E-state index contributed by atoms with van der Waals surface area (Å²) >= 11 is 0. The van der Waals surface area contributed by atoms with Gasteiger partial charge < -0.3 is 9.47 Å². The van der Waals surface area contributed by atoms with Gasteiger partial charge in [0.1, 0.15) is 0 Å². The molecule has 0 radical (unpaired) electrons. The number of allylic oxidation sites excluding steroid dienone is 4. The van der Waals surface area contributed by atoms with E-state index in [0.29, 0.717) is 26.1 Å². The van der Waals surface area contributed by atoms with Crippen molar-refractivity contribution in [1.29, 1.82) is 0 Å². The van der Waals surface area contributed by atoms with Gasteiger partial charge in [-0.15, -0.1) is 13.2 Å². The summed E-state index contributed by atoms with van der Waals surface area (Å²) < 4.78 is 11.6. The molecule has 0 amide bonds. The predicted octanol–water partition coefficient (Wildman–Crippen LogP) is 2.95. The quantitative estimate of drug-likeness (QED) is 0.545. The number of rotatable bonds is 6. The minimum Gasteiger partial charge on any atom is -0.361 e. The molecule has 2 aliphatic heterocycles. The molecule has 1 saturated carbocycles. The van der Waals surface area contributed by atoms with Crippen LogP contribution in [0.3, 0.4) is 0 Å². The monoisotopic (exact) mass is 352 g/mol. The van der Waals surface area contributed by atoms with Gasteiger partial charge in [-0.2, -0.15) is 0 Å². The minimum absolute atomic E-state index is 0.000194. The number of carbonyl (C=O) groups is 2. The Balaban J connectivity index is 1.66. The van der Waals surface area contributed by atoms with Crippen molar-refractivity contribution >= 4 is 11.6 Å². The third kappa shape index (κ3) is 1.77. The first-order valence-electron chi connectivity index (χ1n) is 9.55. The van der Waals surface area contributed by atoms with Gasteiger partial charge in [-0.3, -0.25) is 9.59 Å². The van der Waals surface area contributed by atoms with E-state index in [2.05, 4.69) is 31.4 Å². The Labute approximate surface area is 153 Å². The van der Waals surface area contributed by atoms with E-state index >= 15 is 0 Å². The van der Waals surface area contributed by atoms with E-state index in [1.165, 1.54) is 0 Å². The van der Waals surface area contributed by atoms with Crippen molar-refractivity contribution < 1.29 is 19.1 Å². The zero-order valence-electron chi connectivity index (χ0n) is 14.9. The molecule has 4 nitrogen and oxygen atoms in total. The fourth-order valence-corrected chi connectivity index (χ4v) is 5.78. The minimum atomic E-state index is -0.746. The van der Waals surface area contributed by atoms with Gasteiger partial charge in [-0.05, 0) is 31.3 Å². The van der Waals surface area contributed by atoms with Crippen LogP contribution in [0.1, 0.15) is 25.7 Å². The summed E-state index contributed by atoms with van der Waals surface area (Å²) in [4.78, 5) is 26.7. The maximum atomic E-state index is 13.5. The lowest BCUT2D eigenvalue weighted by atomic mass is 9.44. The number of carbonyl (C=O) groups excluding carboxylic acids is 2. The van der Waals surface area contributed by atoms with Crippen molar-refractivity contribution in [1.82, 2.24) is 0 Å². The third-order valence-electron chi connectivity index (χ3n) is 7.20. The van der Waals surface area contributed by atoms with Crippen LogP contribution in [-0.4, -0.2) is 36.0 Å². The normalized spacial score (nSPS) is 47.1. The maximum Gasteiger partial charge on any atom is 0.193 e. The molecule has 26 heavy (non-hydrogen) atoms. The van der Waals surface area contributed by atoms with Gasteiger partial charge in [0.05, 0.1) is 18.6 Å². The van der Waals surface area contributed by atoms with E-state index in [9.17, 15) is 9.59 Å². The summed E-state index contributed by atoms with van der Waals surface area (Å²) in [6.45, 7) is 8.55. The van der Waals surface area contributed by atoms with E-state index in [0.717, 1.165) is 18.4 Å². The average molecular weight is 352 g/mol. The SMILES string of the molecule is C=CCCC1=CC2C(C3C=CC2(CCC=C)C(=O)C32CO2)C2(CO2)C1=O. The highest BCUT2D eigenvalue weighted by Gasteiger charge is 2.79. The van der Waals surface area contributed by atoms with Crippen LogP contribution in [0.15, 0.2) is 49.1 Å². The molecule has 6 rings (SSSR count). The van der Waals surface area contributed by atoms with E-state index in [4.69, 9.17) is 9.47 Å². The molecule has 2 saturated heterocycles. The first-order chi connectivity index (χ1) is 12.6. The highest BCUT2D eigenvalue weighted by atomic mass is 16.6. The number of ketones is 2. The molecule has 2 spiro atoms. The zero-order chi connectivity index (χ0) is 18.2. The van der Waals surface area contributed by atoms with Gasteiger partial charge in [-0.1, -0.05) is 30.4 Å². The first-order valence-corrected chi connectivity index (χ1v) is 9.55. The zero-order valence-corrected chi connectivity index (χ0v) is 14.9. The predicted molar refractivity (Wildman–Crippen MR) is 96.4 cm³/mol. The lowest BCUT2D eigenvalue weighted by Gasteiger charge is -2.56. The highest BCUT2D eigenvalue weighted by molar-refractivity contribution is 6.07. The first kappa shape index (κ1) is 16.4. The summed E-state index contributed by atoms with van der Waals surface area (Å²) in [5, 5.41) is 0. The number of epoxide rings is 2. The standard InChI is InChI=1S/C22H24O4/c1-3-5-7-14-11-16-17(22(13-26-22)18(14)23)15-8-10-20(16,9-6-4-2)19(24)21(15)12-25-21/h3-4,8,10-11,15-17H,1-2,5-7,9,12-13H2. The summed E-state index contributed by atoms with van der Waals surface area (Å²) in [5.74, 6) is 0.250. The summed E-state index contributed by atoms with van der Waals surface area (Å²) in [7, 11) is 0. The molecule has 4 heteroatoms. The Hall–Kier alpha value is -1.78. The molecule has 6 unspecified atom stereocenters. The van der Waals surface area contributed by atoms with Crippen LogP contribution in [0.4, 0.5) is 0 Å².